The molecule has 0 spiro atoms. The largest absolute Gasteiger partial charge is 0.501 e. The lowest BCUT2D eigenvalue weighted by atomic mass is 9.78. The first kappa shape index (κ1) is 23.0. The van der Waals surface area contributed by atoms with Gasteiger partial charge >= 0.3 is 0 Å². The van der Waals surface area contributed by atoms with Crippen LogP contribution in [-0.4, -0.2) is 26.1 Å². The molecule has 0 aliphatic heterocycles. The number of hydrogen-bond donors (Lipinski definition) is 3. The van der Waals surface area contributed by atoms with Crippen LogP contribution < -0.4 is 10.9 Å². The number of aromatic amines is 1. The molecule has 3 N–H and O–H groups in total. The SMILES string of the molecule is C[C@H](c1nc(C(=O)Nc2cnoc2)c(O)c(=O)[nH]1)C(c1ccccc1C#N)c1ccccc1C#N. The highest BCUT2D eigenvalue weighted by Crippen LogP contribution is 2.39. The number of aromatic hydroxyl groups is 1. The molecule has 2 aromatic heterocycles. The summed E-state index contributed by atoms with van der Waals surface area (Å²) in [5.41, 5.74) is 0.853. The van der Waals surface area contributed by atoms with Gasteiger partial charge < -0.3 is 19.9 Å². The zero-order valence-electron chi connectivity index (χ0n) is 18.4. The normalized spacial score (nSPS) is 11.4. The minimum absolute atomic E-state index is 0.0914. The van der Waals surface area contributed by atoms with Crippen LogP contribution in [0.1, 0.15) is 57.3 Å². The van der Waals surface area contributed by atoms with Crippen LogP contribution in [0.3, 0.4) is 0 Å². The van der Waals surface area contributed by atoms with E-state index in [-0.39, 0.29) is 11.5 Å². The second kappa shape index (κ2) is 9.73. The van der Waals surface area contributed by atoms with Crippen LogP contribution >= 0.6 is 0 Å². The van der Waals surface area contributed by atoms with E-state index < -0.39 is 34.7 Å². The highest BCUT2D eigenvalue weighted by molar-refractivity contribution is 6.04. The number of nitriles is 2. The Balaban J connectivity index is 1.86. The smallest absolute Gasteiger partial charge is 0.293 e. The van der Waals surface area contributed by atoms with Crippen LogP contribution in [0.5, 0.6) is 5.75 Å². The number of nitrogens with one attached hydrogen (secondary N) is 2. The Morgan fingerprint density at radius 1 is 1.09 bits per heavy atom. The number of benzene rings is 2. The molecule has 10 nitrogen and oxygen atoms in total. The van der Waals surface area contributed by atoms with Gasteiger partial charge in [0.25, 0.3) is 11.5 Å². The maximum absolute atomic E-state index is 12.7. The molecule has 2 aromatic carbocycles. The van der Waals surface area contributed by atoms with Crippen molar-refractivity contribution in [2.45, 2.75) is 18.8 Å². The van der Waals surface area contributed by atoms with Crippen LogP contribution in [-0.2, 0) is 0 Å². The molecule has 0 saturated heterocycles. The first-order valence-corrected chi connectivity index (χ1v) is 10.5. The highest BCUT2D eigenvalue weighted by Gasteiger charge is 2.30. The number of amides is 1. The summed E-state index contributed by atoms with van der Waals surface area (Å²) in [6.07, 6.45) is 2.43. The molecule has 1 amide bonds. The Hall–Kier alpha value is -5.22. The Kier molecular flexibility index (Phi) is 6.38. The molecule has 0 aliphatic rings. The van der Waals surface area contributed by atoms with E-state index >= 15 is 0 Å². The number of aromatic nitrogens is 3. The molecule has 10 heteroatoms. The minimum Gasteiger partial charge on any atom is -0.501 e. The van der Waals surface area contributed by atoms with Gasteiger partial charge in [-0.05, 0) is 23.3 Å². The number of carbonyl (C=O) groups is 1. The summed E-state index contributed by atoms with van der Waals surface area (Å²) in [4.78, 5) is 32.1. The maximum Gasteiger partial charge on any atom is 0.293 e. The molecule has 0 saturated carbocycles. The fraction of sp³-hybridized carbons (Fsp3) is 0.120. The number of rotatable bonds is 6. The Labute approximate surface area is 199 Å². The van der Waals surface area contributed by atoms with Crippen molar-refractivity contribution in [3.05, 3.63) is 105 Å². The van der Waals surface area contributed by atoms with Crippen molar-refractivity contribution in [2.24, 2.45) is 0 Å². The lowest BCUT2D eigenvalue weighted by Crippen LogP contribution is -2.24. The summed E-state index contributed by atoms with van der Waals surface area (Å²) < 4.78 is 4.67. The van der Waals surface area contributed by atoms with E-state index in [0.29, 0.717) is 22.3 Å². The lowest BCUT2D eigenvalue weighted by Gasteiger charge is -2.26. The van der Waals surface area contributed by atoms with Crippen LogP contribution in [0.25, 0.3) is 0 Å². The summed E-state index contributed by atoms with van der Waals surface area (Å²) in [5, 5.41) is 35.6. The summed E-state index contributed by atoms with van der Waals surface area (Å²) in [5.74, 6) is -2.79. The quantitative estimate of drug-likeness (QED) is 0.388. The van der Waals surface area contributed by atoms with Crippen molar-refractivity contribution in [1.29, 1.82) is 10.5 Å². The molecule has 0 radical (unpaired) electrons. The standard InChI is InChI=1S/C25H18N6O4/c1-14(23-30-21(22(32)25(34)31-23)24(33)29-17-12-28-35-13-17)20(18-8-4-2-6-15(18)10-26)19-9-5-3-7-16(19)11-27/h2-9,12-14,20,32H,1H3,(H,29,33)(H,30,31,34)/t14-/m0/s1. The molecule has 4 rings (SSSR count). The van der Waals surface area contributed by atoms with Crippen molar-refractivity contribution < 1.29 is 14.4 Å². The van der Waals surface area contributed by atoms with Crippen molar-refractivity contribution in [1.82, 2.24) is 15.1 Å². The monoisotopic (exact) mass is 466 g/mol. The van der Waals surface area contributed by atoms with Crippen molar-refractivity contribution >= 4 is 11.6 Å². The van der Waals surface area contributed by atoms with E-state index in [4.69, 9.17) is 0 Å². The number of nitrogens with zero attached hydrogens (tertiary/aromatic N) is 4. The Morgan fingerprint density at radius 2 is 1.69 bits per heavy atom. The summed E-state index contributed by atoms with van der Waals surface area (Å²) in [7, 11) is 0. The van der Waals surface area contributed by atoms with E-state index in [2.05, 4.69) is 37.1 Å². The third kappa shape index (κ3) is 4.49. The van der Waals surface area contributed by atoms with Gasteiger partial charge in [-0.25, -0.2) is 4.98 Å². The molecular weight excluding hydrogens is 448 g/mol. The number of anilines is 1. The second-order valence-corrected chi connectivity index (χ2v) is 7.68. The van der Waals surface area contributed by atoms with Crippen LogP contribution in [0, 0.1) is 22.7 Å². The zero-order valence-corrected chi connectivity index (χ0v) is 18.4. The molecule has 1 atom stereocenters. The van der Waals surface area contributed by atoms with Crippen molar-refractivity contribution in [3.63, 3.8) is 0 Å². The zero-order chi connectivity index (χ0) is 24.9. The Morgan fingerprint density at radius 3 is 2.23 bits per heavy atom. The van der Waals surface area contributed by atoms with Gasteiger partial charge in [0, 0.05) is 11.8 Å². The van der Waals surface area contributed by atoms with Crippen LogP contribution in [0.2, 0.25) is 0 Å². The van der Waals surface area contributed by atoms with Gasteiger partial charge in [0.1, 0.15) is 17.8 Å². The molecule has 0 bridgehead atoms. The second-order valence-electron chi connectivity index (χ2n) is 7.68. The van der Waals surface area contributed by atoms with Gasteiger partial charge in [-0.1, -0.05) is 48.5 Å². The molecule has 172 valence electrons. The molecule has 35 heavy (non-hydrogen) atoms. The fourth-order valence-corrected chi connectivity index (χ4v) is 3.92. The van der Waals surface area contributed by atoms with E-state index in [1.54, 1.807) is 55.5 Å². The maximum atomic E-state index is 12.7. The van der Waals surface area contributed by atoms with E-state index in [9.17, 15) is 25.2 Å². The van der Waals surface area contributed by atoms with Gasteiger partial charge in [0.15, 0.2) is 5.69 Å². The van der Waals surface area contributed by atoms with Crippen LogP contribution in [0.15, 0.2) is 70.3 Å². The van der Waals surface area contributed by atoms with E-state index in [0.717, 1.165) is 0 Å². The minimum atomic E-state index is -0.904. The summed E-state index contributed by atoms with van der Waals surface area (Å²) in [6.45, 7) is 1.75. The number of carbonyl (C=O) groups excluding carboxylic acids is 1. The number of H-pyrrole nitrogens is 1. The van der Waals surface area contributed by atoms with Gasteiger partial charge in [0.05, 0.1) is 29.5 Å². The molecule has 2 heterocycles. The van der Waals surface area contributed by atoms with Gasteiger partial charge in [-0.3, -0.25) is 9.59 Å². The van der Waals surface area contributed by atoms with Crippen molar-refractivity contribution in [3.8, 4) is 17.9 Å². The fourth-order valence-electron chi connectivity index (χ4n) is 3.92. The predicted molar refractivity (Wildman–Crippen MR) is 124 cm³/mol. The van der Waals surface area contributed by atoms with E-state index in [1.807, 2.05) is 0 Å². The third-order valence-corrected chi connectivity index (χ3v) is 5.58. The highest BCUT2D eigenvalue weighted by atomic mass is 16.5. The first-order valence-electron chi connectivity index (χ1n) is 10.5. The topological polar surface area (TPSA) is 169 Å². The molecule has 0 fully saturated rings. The average Bonchev–Trinajstić information content (AvgIpc) is 3.39. The molecule has 0 aliphatic carbocycles. The molecular formula is C25H18N6O4. The van der Waals surface area contributed by atoms with Crippen LogP contribution in [0.4, 0.5) is 5.69 Å². The lowest BCUT2D eigenvalue weighted by molar-refractivity contribution is 0.101. The van der Waals surface area contributed by atoms with Gasteiger partial charge in [-0.15, -0.1) is 0 Å². The number of hydrogen-bond acceptors (Lipinski definition) is 8. The van der Waals surface area contributed by atoms with Crippen molar-refractivity contribution in [2.75, 3.05) is 5.32 Å². The van der Waals surface area contributed by atoms with E-state index in [1.165, 1.54) is 12.5 Å². The Bertz CT molecular complexity index is 1470. The summed E-state index contributed by atoms with van der Waals surface area (Å²) in [6, 6.07) is 18.2. The average molecular weight is 466 g/mol. The first-order chi connectivity index (χ1) is 16.9. The molecule has 4 aromatic rings. The summed E-state index contributed by atoms with van der Waals surface area (Å²) >= 11 is 0. The van der Waals surface area contributed by atoms with Gasteiger partial charge in [-0.2, -0.15) is 10.5 Å². The van der Waals surface area contributed by atoms with Gasteiger partial charge in [0.2, 0.25) is 5.75 Å². The molecule has 0 unspecified atom stereocenters. The predicted octanol–water partition coefficient (Wildman–Crippen LogP) is 3.39. The third-order valence-electron chi connectivity index (χ3n) is 5.58.